The van der Waals surface area contributed by atoms with E-state index in [4.69, 9.17) is 24.3 Å². The van der Waals surface area contributed by atoms with Crippen molar-refractivity contribution in [2.45, 2.75) is 232 Å². The van der Waals surface area contributed by atoms with Gasteiger partial charge in [-0.2, -0.15) is 0 Å². The average Bonchev–Trinajstić information content (AvgIpc) is 3.30. The lowest BCUT2D eigenvalue weighted by molar-refractivity contribution is -0.154. The van der Waals surface area contributed by atoms with Crippen LogP contribution in [-0.2, 0) is 27.9 Å². The third-order valence-corrected chi connectivity index (χ3v) is 12.1. The van der Waals surface area contributed by atoms with Crippen molar-refractivity contribution in [3.8, 4) is 0 Å². The van der Waals surface area contributed by atoms with Crippen molar-refractivity contribution in [3.63, 3.8) is 0 Å². The van der Waals surface area contributed by atoms with Crippen molar-refractivity contribution in [1.29, 1.82) is 0 Å². The lowest BCUT2D eigenvalue weighted by Crippen LogP contribution is -2.28. The first-order valence-electron chi connectivity index (χ1n) is 26.6. The number of phosphoric acid groups is 1. The Morgan fingerprint density at radius 2 is 0.862 bits per heavy atom. The SMILES string of the molecule is CC/C=C\C/C=C\C/C=C\C/C=C\C/C=C\C/C=C\C/C=C\CCCCCCOCC(COP(=O)(O)OCCN)OC(=O)CCCCCCCCCCCCCCCCCCCCCC. The van der Waals surface area contributed by atoms with Crippen LogP contribution in [0, 0.1) is 0 Å². The molecule has 0 aliphatic rings. The van der Waals surface area contributed by atoms with E-state index < -0.39 is 13.9 Å². The van der Waals surface area contributed by atoms with Crippen LogP contribution < -0.4 is 5.73 Å². The van der Waals surface area contributed by atoms with E-state index in [0.717, 1.165) is 96.3 Å². The fourth-order valence-corrected chi connectivity index (χ4v) is 7.98. The molecule has 0 saturated carbocycles. The number of unbranched alkanes of at least 4 members (excludes halogenated alkanes) is 23. The van der Waals surface area contributed by atoms with Crippen molar-refractivity contribution in [2.75, 3.05) is 33.0 Å². The summed E-state index contributed by atoms with van der Waals surface area (Å²) in [6.07, 6.45) is 69.1. The highest BCUT2D eigenvalue weighted by molar-refractivity contribution is 7.47. The van der Waals surface area contributed by atoms with Gasteiger partial charge in [0.2, 0.25) is 0 Å². The van der Waals surface area contributed by atoms with Gasteiger partial charge in [0.15, 0.2) is 0 Å². The number of hydrogen-bond donors (Lipinski definition) is 2. The van der Waals surface area contributed by atoms with E-state index in [1.54, 1.807) is 0 Å². The number of hydrogen-bond acceptors (Lipinski definition) is 7. The molecule has 0 bridgehead atoms. The first-order valence-corrected chi connectivity index (χ1v) is 28.1. The van der Waals surface area contributed by atoms with Crippen LogP contribution in [0.5, 0.6) is 0 Å². The van der Waals surface area contributed by atoms with Crippen LogP contribution >= 0.6 is 7.82 Å². The van der Waals surface area contributed by atoms with Crippen LogP contribution in [0.15, 0.2) is 85.1 Å². The summed E-state index contributed by atoms with van der Waals surface area (Å²) < 4.78 is 33.6. The quantitative estimate of drug-likeness (QED) is 0.0268. The van der Waals surface area contributed by atoms with Crippen LogP contribution in [-0.4, -0.2) is 49.9 Å². The maximum absolute atomic E-state index is 12.7. The van der Waals surface area contributed by atoms with E-state index >= 15 is 0 Å². The zero-order valence-corrected chi connectivity index (χ0v) is 42.8. The van der Waals surface area contributed by atoms with Gasteiger partial charge in [0.05, 0.1) is 19.8 Å². The third-order valence-electron chi connectivity index (χ3n) is 11.1. The van der Waals surface area contributed by atoms with Crippen molar-refractivity contribution in [1.82, 2.24) is 0 Å². The summed E-state index contributed by atoms with van der Waals surface area (Å²) >= 11 is 0. The second-order valence-electron chi connectivity index (χ2n) is 17.4. The highest BCUT2D eigenvalue weighted by Crippen LogP contribution is 2.43. The Morgan fingerprint density at radius 1 is 0.477 bits per heavy atom. The molecule has 2 unspecified atom stereocenters. The van der Waals surface area contributed by atoms with Crippen LogP contribution in [0.2, 0.25) is 0 Å². The average molecular weight is 930 g/mol. The Labute approximate surface area is 400 Å². The van der Waals surface area contributed by atoms with Gasteiger partial charge in [0.1, 0.15) is 6.10 Å². The van der Waals surface area contributed by atoms with Crippen molar-refractivity contribution >= 4 is 13.8 Å². The summed E-state index contributed by atoms with van der Waals surface area (Å²) in [7, 11) is -4.30. The molecule has 0 heterocycles. The summed E-state index contributed by atoms with van der Waals surface area (Å²) in [4.78, 5) is 22.6. The maximum atomic E-state index is 12.7. The molecule has 0 aliphatic heterocycles. The number of esters is 1. The molecule has 65 heavy (non-hydrogen) atoms. The fourth-order valence-electron chi connectivity index (χ4n) is 7.21. The predicted octanol–water partition coefficient (Wildman–Crippen LogP) is 16.8. The largest absolute Gasteiger partial charge is 0.472 e. The molecule has 0 saturated heterocycles. The van der Waals surface area contributed by atoms with Gasteiger partial charge >= 0.3 is 13.8 Å². The Balaban J connectivity index is 4.01. The summed E-state index contributed by atoms with van der Waals surface area (Å²) in [6.45, 7) is 4.76. The number of phosphoric ester groups is 1. The van der Waals surface area contributed by atoms with E-state index in [2.05, 4.69) is 98.9 Å². The first kappa shape index (κ1) is 62.7. The molecule has 0 fully saturated rings. The van der Waals surface area contributed by atoms with Crippen LogP contribution in [0.25, 0.3) is 0 Å². The number of rotatable bonds is 50. The minimum absolute atomic E-state index is 0.0928. The Morgan fingerprint density at radius 3 is 1.29 bits per heavy atom. The topological polar surface area (TPSA) is 117 Å². The first-order chi connectivity index (χ1) is 31.9. The highest BCUT2D eigenvalue weighted by atomic mass is 31.2. The molecule has 0 spiro atoms. The lowest BCUT2D eigenvalue weighted by Gasteiger charge is -2.20. The molecule has 0 amide bonds. The van der Waals surface area contributed by atoms with E-state index in [0.29, 0.717) is 13.0 Å². The molecule has 0 radical (unpaired) electrons. The fraction of sp³-hybridized carbons (Fsp3) is 0.732. The minimum Gasteiger partial charge on any atom is -0.457 e. The van der Waals surface area contributed by atoms with Gasteiger partial charge in [-0.15, -0.1) is 0 Å². The van der Waals surface area contributed by atoms with Crippen LogP contribution in [0.1, 0.15) is 226 Å². The van der Waals surface area contributed by atoms with E-state index in [9.17, 15) is 14.3 Å². The molecular weight excluding hydrogens is 830 g/mol. The van der Waals surface area contributed by atoms with Gasteiger partial charge in [-0.25, -0.2) is 4.57 Å². The standard InChI is InChI=1S/C56H100NO7P/c1-3-5-7-9-11-13-15-17-19-21-23-25-26-27-28-29-30-32-34-36-38-40-42-44-46-48-51-61-53-55(54-63-65(59,60)62-52-50-57)64-56(58)49-47-45-43-41-39-37-35-33-31-24-22-20-18-16-14-12-10-8-6-4-2/h5,7,11,13,17,19,23,25,27-28,30,32,36,38,55H,3-4,6,8-10,12,14-16,18,20-22,24,26,29,31,33-35,37,39-54,57H2,1-2H3,(H,59,60)/b7-5-,13-11-,19-17-,25-23-,28-27-,32-30-,38-36-. The lowest BCUT2D eigenvalue weighted by atomic mass is 10.0. The number of nitrogens with two attached hydrogens (primary N) is 1. The van der Waals surface area contributed by atoms with Gasteiger partial charge in [-0.1, -0.05) is 234 Å². The van der Waals surface area contributed by atoms with Crippen molar-refractivity contribution in [3.05, 3.63) is 85.1 Å². The Bertz CT molecular complexity index is 1270. The third kappa shape index (κ3) is 52.5. The van der Waals surface area contributed by atoms with Gasteiger partial charge in [0.25, 0.3) is 0 Å². The number of carbonyl (C=O) groups excluding carboxylic acids is 1. The number of ether oxygens (including phenoxy) is 2. The second kappa shape index (κ2) is 52.6. The number of carbonyl (C=O) groups is 1. The highest BCUT2D eigenvalue weighted by Gasteiger charge is 2.25. The molecule has 9 heteroatoms. The molecule has 0 aromatic rings. The monoisotopic (exact) mass is 930 g/mol. The molecule has 376 valence electrons. The van der Waals surface area contributed by atoms with Crippen LogP contribution in [0.4, 0.5) is 0 Å². The van der Waals surface area contributed by atoms with Gasteiger partial charge in [-0.05, 0) is 70.6 Å². The minimum atomic E-state index is -4.30. The summed E-state index contributed by atoms with van der Waals surface area (Å²) in [5, 5.41) is 0. The van der Waals surface area contributed by atoms with Gasteiger partial charge < -0.3 is 20.1 Å². The second-order valence-corrected chi connectivity index (χ2v) is 18.8. The molecule has 8 nitrogen and oxygen atoms in total. The van der Waals surface area contributed by atoms with Crippen molar-refractivity contribution in [2.24, 2.45) is 5.73 Å². The normalized spacial score (nSPS) is 14.0. The Hall–Kier alpha value is -2.32. The molecule has 0 aromatic carbocycles. The van der Waals surface area contributed by atoms with E-state index in [1.165, 1.54) is 109 Å². The predicted molar refractivity (Wildman–Crippen MR) is 279 cm³/mol. The summed E-state index contributed by atoms with van der Waals surface area (Å²) in [5.74, 6) is -0.339. The molecule has 0 aromatic heterocycles. The molecule has 3 N–H and O–H groups in total. The molecule has 0 rings (SSSR count). The van der Waals surface area contributed by atoms with E-state index in [1.807, 2.05) is 0 Å². The summed E-state index contributed by atoms with van der Waals surface area (Å²) in [6, 6.07) is 0. The van der Waals surface area contributed by atoms with Crippen molar-refractivity contribution < 1.29 is 32.8 Å². The van der Waals surface area contributed by atoms with Crippen LogP contribution in [0.3, 0.4) is 0 Å². The molecule has 0 aliphatic carbocycles. The van der Waals surface area contributed by atoms with Gasteiger partial charge in [0, 0.05) is 19.6 Å². The Kier molecular flexibility index (Phi) is 50.8. The number of allylic oxidation sites excluding steroid dienone is 14. The van der Waals surface area contributed by atoms with Gasteiger partial charge in [-0.3, -0.25) is 13.8 Å². The zero-order valence-electron chi connectivity index (χ0n) is 42.0. The summed E-state index contributed by atoms with van der Waals surface area (Å²) in [5.41, 5.74) is 5.39. The molecule has 2 atom stereocenters. The maximum Gasteiger partial charge on any atom is 0.472 e. The smallest absolute Gasteiger partial charge is 0.457 e. The zero-order chi connectivity index (χ0) is 47.3. The van der Waals surface area contributed by atoms with E-state index in [-0.39, 0.29) is 32.3 Å². The molecular formula is C56H100NO7P.